The van der Waals surface area contributed by atoms with Gasteiger partial charge in [-0.2, -0.15) is 0 Å². The van der Waals surface area contributed by atoms with Crippen molar-refractivity contribution in [1.29, 1.82) is 0 Å². The molecule has 0 bridgehead atoms. The number of aromatic nitrogens is 5. The molecule has 2 aromatic heterocycles. The highest BCUT2D eigenvalue weighted by atomic mass is 79.9. The van der Waals surface area contributed by atoms with E-state index in [-0.39, 0.29) is 23.8 Å². The molecule has 9 nitrogen and oxygen atoms in total. The van der Waals surface area contributed by atoms with Crippen molar-refractivity contribution in [1.82, 2.24) is 30.3 Å². The quantitative estimate of drug-likeness (QED) is 0.195. The molecule has 2 amide bonds. The van der Waals surface area contributed by atoms with Crippen molar-refractivity contribution < 1.29 is 14.0 Å². The molecule has 0 fully saturated rings. The summed E-state index contributed by atoms with van der Waals surface area (Å²) in [6.07, 6.45) is 0. The van der Waals surface area contributed by atoms with E-state index < -0.39 is 11.7 Å². The molecule has 4 aromatic rings. The lowest BCUT2D eigenvalue weighted by atomic mass is 10.2. The van der Waals surface area contributed by atoms with Gasteiger partial charge >= 0.3 is 0 Å². The number of anilines is 1. The molecular weight excluding hydrogens is 589 g/mol. The van der Waals surface area contributed by atoms with Crippen LogP contribution < -0.4 is 10.6 Å². The molecular formula is C22H19BrFN7O2S3. The number of rotatable bonds is 10. The molecule has 0 aliphatic heterocycles. The zero-order valence-corrected chi connectivity index (χ0v) is 22.8. The molecule has 0 saturated heterocycles. The Kier molecular flexibility index (Phi) is 9.07. The summed E-state index contributed by atoms with van der Waals surface area (Å²) in [5.74, 6) is -0.0781. The Morgan fingerprint density at radius 2 is 1.83 bits per heavy atom. The van der Waals surface area contributed by atoms with Gasteiger partial charge in [0.25, 0.3) is 5.91 Å². The summed E-state index contributed by atoms with van der Waals surface area (Å²) in [7, 11) is 0. The molecule has 0 atom stereocenters. The largest absolute Gasteiger partial charge is 0.345 e. The number of hydrogen-bond donors (Lipinski definition) is 2. The second kappa shape index (κ2) is 12.4. The van der Waals surface area contributed by atoms with Crippen molar-refractivity contribution >= 4 is 67.7 Å². The van der Waals surface area contributed by atoms with Crippen LogP contribution in [-0.2, 0) is 11.3 Å². The maximum Gasteiger partial charge on any atom is 0.254 e. The second-order valence-corrected chi connectivity index (χ2v) is 11.4. The third kappa shape index (κ3) is 6.69. The predicted octanol–water partition coefficient (Wildman–Crippen LogP) is 4.79. The zero-order chi connectivity index (χ0) is 25.5. The summed E-state index contributed by atoms with van der Waals surface area (Å²) >= 11 is 7.48. The molecule has 0 aliphatic rings. The number of benzene rings is 2. The third-order valence-corrected chi connectivity index (χ3v) is 7.88. The minimum Gasteiger partial charge on any atom is -0.345 e. The Labute approximate surface area is 226 Å². The normalized spacial score (nSPS) is 10.9. The van der Waals surface area contributed by atoms with Gasteiger partial charge in [0, 0.05) is 10.2 Å². The maximum absolute atomic E-state index is 14.0. The lowest BCUT2D eigenvalue weighted by Gasteiger charge is -2.11. The Morgan fingerprint density at radius 3 is 2.58 bits per heavy atom. The first-order valence-corrected chi connectivity index (χ1v) is 14.1. The van der Waals surface area contributed by atoms with Gasteiger partial charge in [0.1, 0.15) is 5.82 Å². The van der Waals surface area contributed by atoms with E-state index in [2.05, 4.69) is 47.0 Å². The van der Waals surface area contributed by atoms with Crippen molar-refractivity contribution in [2.24, 2.45) is 0 Å². The number of hydrogen-bond acceptors (Lipinski definition) is 9. The summed E-state index contributed by atoms with van der Waals surface area (Å²) in [6.45, 7) is 2.02. The first kappa shape index (κ1) is 26.3. The van der Waals surface area contributed by atoms with Gasteiger partial charge in [0.05, 0.1) is 17.9 Å². The number of halogens is 2. The number of nitrogens with one attached hydrogen (secondary N) is 2. The fraction of sp³-hybridized carbons (Fsp3) is 0.182. The van der Waals surface area contributed by atoms with Gasteiger partial charge in [0.2, 0.25) is 11.0 Å². The molecule has 0 radical (unpaired) electrons. The van der Waals surface area contributed by atoms with Gasteiger partial charge in [-0.1, -0.05) is 69.8 Å². The zero-order valence-electron chi connectivity index (χ0n) is 18.8. The molecule has 2 heterocycles. The van der Waals surface area contributed by atoms with Crippen LogP contribution in [-0.4, -0.2) is 48.3 Å². The summed E-state index contributed by atoms with van der Waals surface area (Å²) in [6, 6.07) is 13.2. The molecule has 4 rings (SSSR count). The minimum absolute atomic E-state index is 0.00560. The Bertz CT molecular complexity index is 1360. The van der Waals surface area contributed by atoms with Gasteiger partial charge in [0.15, 0.2) is 15.3 Å². The average Bonchev–Trinajstić information content (AvgIpc) is 3.49. The van der Waals surface area contributed by atoms with Crippen LogP contribution >= 0.6 is 50.8 Å². The minimum atomic E-state index is -0.609. The Balaban J connectivity index is 1.48. The van der Waals surface area contributed by atoms with Crippen LogP contribution in [0.15, 0.2) is 62.5 Å². The first-order valence-electron chi connectivity index (χ1n) is 10.6. The molecule has 0 saturated carbocycles. The van der Waals surface area contributed by atoms with Crippen LogP contribution in [0.1, 0.15) is 23.1 Å². The van der Waals surface area contributed by atoms with E-state index in [1.54, 1.807) is 22.4 Å². The Hall–Kier alpha value is -2.81. The fourth-order valence-corrected chi connectivity index (χ4v) is 5.69. The van der Waals surface area contributed by atoms with Crippen LogP contribution in [0, 0.1) is 5.82 Å². The van der Waals surface area contributed by atoms with E-state index in [9.17, 15) is 14.0 Å². The Morgan fingerprint density at radius 1 is 1.06 bits per heavy atom. The second-order valence-electron chi connectivity index (χ2n) is 7.02. The highest BCUT2D eigenvalue weighted by molar-refractivity contribution is 9.10. The van der Waals surface area contributed by atoms with E-state index >= 15 is 0 Å². The predicted molar refractivity (Wildman–Crippen MR) is 142 cm³/mol. The molecule has 0 aliphatic carbocycles. The first-order chi connectivity index (χ1) is 17.4. The highest BCUT2D eigenvalue weighted by Crippen LogP contribution is 2.26. The molecule has 2 aromatic carbocycles. The number of amides is 2. The molecule has 0 unspecified atom stereocenters. The number of nitrogens with zero attached hydrogens (tertiary/aromatic N) is 5. The molecule has 14 heteroatoms. The summed E-state index contributed by atoms with van der Waals surface area (Å²) in [5, 5.41) is 22.8. The van der Waals surface area contributed by atoms with Crippen molar-refractivity contribution in [3.63, 3.8) is 0 Å². The average molecular weight is 609 g/mol. The lowest BCUT2D eigenvalue weighted by Crippen LogP contribution is -2.25. The van der Waals surface area contributed by atoms with E-state index in [1.807, 2.05) is 31.2 Å². The van der Waals surface area contributed by atoms with Crippen molar-refractivity contribution in [2.45, 2.75) is 23.0 Å². The van der Waals surface area contributed by atoms with Gasteiger partial charge in [-0.3, -0.25) is 19.5 Å². The van der Waals surface area contributed by atoms with Crippen LogP contribution in [0.5, 0.6) is 0 Å². The number of thioether (sulfide) groups is 2. The van der Waals surface area contributed by atoms with E-state index in [0.717, 1.165) is 20.3 Å². The lowest BCUT2D eigenvalue weighted by molar-refractivity contribution is -0.113. The SMILES string of the molecule is CCSc1nnc(NC(=O)CSc2nnc(CNC(=O)c3ccccc3F)n2-c2ccc(Br)cc2)s1. The summed E-state index contributed by atoms with van der Waals surface area (Å²) in [4.78, 5) is 25.0. The molecule has 2 N–H and O–H groups in total. The van der Waals surface area contributed by atoms with Crippen LogP contribution in [0.25, 0.3) is 5.69 Å². The smallest absolute Gasteiger partial charge is 0.254 e. The maximum atomic E-state index is 14.0. The van der Waals surface area contributed by atoms with E-state index in [0.29, 0.717) is 16.1 Å². The van der Waals surface area contributed by atoms with E-state index in [4.69, 9.17) is 0 Å². The molecule has 186 valence electrons. The highest BCUT2D eigenvalue weighted by Gasteiger charge is 2.18. The van der Waals surface area contributed by atoms with E-state index in [1.165, 1.54) is 41.3 Å². The van der Waals surface area contributed by atoms with Gasteiger partial charge in [-0.25, -0.2) is 4.39 Å². The summed E-state index contributed by atoms with van der Waals surface area (Å²) in [5.41, 5.74) is 0.683. The standard InChI is InChI=1S/C22H19BrFN7O2S3/c1-2-34-22-30-28-20(36-22)26-18(32)12-35-21-29-27-17(31(21)14-9-7-13(23)8-10-14)11-25-19(33)15-5-3-4-6-16(15)24/h3-10H,2,11-12H2,1H3,(H,25,33)(H,26,28,32). The van der Waals surface area contributed by atoms with Gasteiger partial charge in [-0.15, -0.1) is 20.4 Å². The van der Waals surface area contributed by atoms with Crippen molar-refractivity contribution in [2.75, 3.05) is 16.8 Å². The van der Waals surface area contributed by atoms with Crippen molar-refractivity contribution in [3.8, 4) is 5.69 Å². The molecule has 0 spiro atoms. The topological polar surface area (TPSA) is 115 Å². The van der Waals surface area contributed by atoms with Crippen molar-refractivity contribution in [3.05, 3.63) is 70.2 Å². The molecule has 36 heavy (non-hydrogen) atoms. The van der Waals surface area contributed by atoms with Crippen LogP contribution in [0.4, 0.5) is 9.52 Å². The van der Waals surface area contributed by atoms with Crippen LogP contribution in [0.3, 0.4) is 0 Å². The van der Waals surface area contributed by atoms with Gasteiger partial charge < -0.3 is 5.32 Å². The summed E-state index contributed by atoms with van der Waals surface area (Å²) < 4.78 is 17.4. The number of carbonyl (C=O) groups is 2. The third-order valence-electron chi connectivity index (χ3n) is 4.56. The fourth-order valence-electron chi connectivity index (χ4n) is 2.99. The van der Waals surface area contributed by atoms with Crippen LogP contribution in [0.2, 0.25) is 0 Å². The van der Waals surface area contributed by atoms with Gasteiger partial charge in [-0.05, 0) is 42.2 Å². The number of carbonyl (C=O) groups excluding carboxylic acids is 2. The monoisotopic (exact) mass is 607 g/mol.